The number of hydrogen-bond donors (Lipinski definition) is 2. The second kappa shape index (κ2) is 8.04. The van der Waals surface area contributed by atoms with Gasteiger partial charge in [0.1, 0.15) is 5.52 Å². The molecule has 0 bridgehead atoms. The second-order valence-corrected chi connectivity index (χ2v) is 7.57. The summed E-state index contributed by atoms with van der Waals surface area (Å²) in [7, 11) is 0. The van der Waals surface area contributed by atoms with Gasteiger partial charge in [-0.2, -0.15) is 0 Å². The Balaban J connectivity index is 1.26. The highest BCUT2D eigenvalue weighted by atomic mass is 16.5. The van der Waals surface area contributed by atoms with Gasteiger partial charge in [0.25, 0.3) is 5.91 Å². The maximum atomic E-state index is 12.7. The Morgan fingerprint density at radius 1 is 1.10 bits per heavy atom. The summed E-state index contributed by atoms with van der Waals surface area (Å²) < 4.78 is 5.71. The van der Waals surface area contributed by atoms with Crippen molar-refractivity contribution in [3.05, 3.63) is 71.8 Å². The molecule has 0 radical (unpaired) electrons. The van der Waals surface area contributed by atoms with Crippen LogP contribution in [0.3, 0.4) is 0 Å². The molecule has 7 nitrogen and oxygen atoms in total. The van der Waals surface area contributed by atoms with E-state index in [4.69, 9.17) is 4.74 Å². The Bertz CT molecular complexity index is 1180. The van der Waals surface area contributed by atoms with E-state index in [-0.39, 0.29) is 5.91 Å². The number of carbonyl (C=O) groups is 1. The molecular weight excluding hydrogens is 378 g/mol. The molecule has 0 saturated heterocycles. The van der Waals surface area contributed by atoms with Crippen molar-refractivity contribution in [2.75, 3.05) is 11.9 Å². The monoisotopic (exact) mass is 399 g/mol. The van der Waals surface area contributed by atoms with Gasteiger partial charge in [-0.15, -0.1) is 5.10 Å². The smallest absolute Gasteiger partial charge is 0.255 e. The number of benzene rings is 2. The zero-order valence-corrected chi connectivity index (χ0v) is 16.3. The van der Waals surface area contributed by atoms with Gasteiger partial charge < -0.3 is 10.1 Å². The van der Waals surface area contributed by atoms with Crippen molar-refractivity contribution in [3.63, 3.8) is 0 Å². The summed E-state index contributed by atoms with van der Waals surface area (Å²) in [6.07, 6.45) is 2.58. The first kappa shape index (κ1) is 18.4. The molecule has 7 heteroatoms. The fourth-order valence-electron chi connectivity index (χ4n) is 3.24. The van der Waals surface area contributed by atoms with Crippen LogP contribution < -0.4 is 5.32 Å². The van der Waals surface area contributed by atoms with E-state index in [9.17, 15) is 4.79 Å². The summed E-state index contributed by atoms with van der Waals surface area (Å²) in [5.74, 6) is 0.589. The van der Waals surface area contributed by atoms with Crippen LogP contribution in [0.2, 0.25) is 0 Å². The minimum Gasteiger partial charge on any atom is -0.376 e. The minimum atomic E-state index is -0.168. The molecule has 2 aromatic heterocycles. The molecule has 0 unspecified atom stereocenters. The molecule has 1 saturated carbocycles. The van der Waals surface area contributed by atoms with Crippen LogP contribution in [0, 0.1) is 5.92 Å². The normalized spacial score (nSPS) is 13.5. The Morgan fingerprint density at radius 3 is 2.80 bits per heavy atom. The number of fused-ring (bicyclic) bond motifs is 1. The maximum absolute atomic E-state index is 12.7. The molecule has 2 aromatic carbocycles. The Hall–Kier alpha value is -3.58. The van der Waals surface area contributed by atoms with Gasteiger partial charge >= 0.3 is 0 Å². The molecule has 0 aliphatic heterocycles. The molecule has 5 rings (SSSR count). The van der Waals surface area contributed by atoms with Crippen molar-refractivity contribution in [1.82, 2.24) is 20.4 Å². The van der Waals surface area contributed by atoms with Crippen LogP contribution in [0.1, 0.15) is 28.8 Å². The first-order valence-electron chi connectivity index (χ1n) is 10.0. The van der Waals surface area contributed by atoms with Crippen LogP contribution in [0.5, 0.6) is 0 Å². The number of anilines is 1. The number of pyridine rings is 1. The lowest BCUT2D eigenvalue weighted by atomic mass is 10.1. The van der Waals surface area contributed by atoms with Crippen molar-refractivity contribution in [2.24, 2.45) is 5.92 Å². The third kappa shape index (κ3) is 4.21. The molecule has 4 aromatic rings. The molecule has 1 fully saturated rings. The molecular formula is C23H21N5O2. The molecule has 0 spiro atoms. The third-order valence-electron chi connectivity index (χ3n) is 5.14. The summed E-state index contributed by atoms with van der Waals surface area (Å²) in [5, 5.41) is 13.4. The highest BCUT2D eigenvalue weighted by Crippen LogP contribution is 2.29. The number of amides is 1. The zero-order chi connectivity index (χ0) is 20.3. The van der Waals surface area contributed by atoms with Crippen molar-refractivity contribution < 1.29 is 9.53 Å². The van der Waals surface area contributed by atoms with E-state index in [1.54, 1.807) is 6.07 Å². The Morgan fingerprint density at radius 2 is 1.97 bits per heavy atom. The Kier molecular flexibility index (Phi) is 4.94. The van der Waals surface area contributed by atoms with Gasteiger partial charge in [-0.05, 0) is 60.7 Å². The quantitative estimate of drug-likeness (QED) is 0.486. The molecule has 0 atom stereocenters. The van der Waals surface area contributed by atoms with Crippen molar-refractivity contribution in [2.45, 2.75) is 19.4 Å². The number of aromatic nitrogens is 4. The van der Waals surface area contributed by atoms with E-state index in [1.807, 2.05) is 54.6 Å². The lowest BCUT2D eigenvalue weighted by molar-refractivity contribution is 0.102. The van der Waals surface area contributed by atoms with E-state index < -0.39 is 0 Å². The van der Waals surface area contributed by atoms with Crippen LogP contribution in [0.4, 0.5) is 5.69 Å². The van der Waals surface area contributed by atoms with Gasteiger partial charge in [-0.25, -0.2) is 10.1 Å². The highest BCUT2D eigenvalue weighted by molar-refractivity contribution is 6.04. The third-order valence-corrected chi connectivity index (χ3v) is 5.14. The first-order chi connectivity index (χ1) is 14.7. The molecule has 150 valence electrons. The highest BCUT2D eigenvalue weighted by Gasteiger charge is 2.21. The van der Waals surface area contributed by atoms with E-state index in [0.29, 0.717) is 23.3 Å². The number of nitrogens with one attached hydrogen (secondary N) is 2. The van der Waals surface area contributed by atoms with Crippen molar-refractivity contribution in [3.8, 4) is 11.3 Å². The first-order valence-corrected chi connectivity index (χ1v) is 10.0. The van der Waals surface area contributed by atoms with Gasteiger partial charge in [0.2, 0.25) is 0 Å². The van der Waals surface area contributed by atoms with Crippen LogP contribution in [-0.4, -0.2) is 32.9 Å². The average Bonchev–Trinajstić information content (AvgIpc) is 3.48. The molecule has 2 heterocycles. The fraction of sp³-hybridized carbons (Fsp3) is 0.217. The van der Waals surface area contributed by atoms with Gasteiger partial charge in [-0.1, -0.05) is 29.5 Å². The predicted octanol–water partition coefficient (Wildman–Crippen LogP) is 4.20. The number of rotatable bonds is 7. The zero-order valence-electron chi connectivity index (χ0n) is 16.3. The van der Waals surface area contributed by atoms with Crippen LogP contribution in [-0.2, 0) is 11.3 Å². The van der Waals surface area contributed by atoms with E-state index in [2.05, 4.69) is 25.7 Å². The van der Waals surface area contributed by atoms with Gasteiger partial charge in [0, 0.05) is 23.4 Å². The maximum Gasteiger partial charge on any atom is 0.255 e. The number of aromatic amines is 1. The van der Waals surface area contributed by atoms with E-state index >= 15 is 0 Å². The predicted molar refractivity (Wildman–Crippen MR) is 114 cm³/mol. The molecule has 1 aliphatic carbocycles. The summed E-state index contributed by atoms with van der Waals surface area (Å²) >= 11 is 0. The van der Waals surface area contributed by atoms with Crippen molar-refractivity contribution in [1.29, 1.82) is 0 Å². The summed E-state index contributed by atoms with van der Waals surface area (Å²) in [4.78, 5) is 17.2. The summed E-state index contributed by atoms with van der Waals surface area (Å²) in [5.41, 5.74) is 5.33. The lowest BCUT2D eigenvalue weighted by Gasteiger charge is -2.08. The summed E-state index contributed by atoms with van der Waals surface area (Å²) in [6, 6.07) is 18.9. The Labute approximate surface area is 173 Å². The number of nitrogens with zero attached hydrogens (tertiary/aromatic N) is 3. The SMILES string of the molecule is O=C(Nc1ccc(COCC2CC2)cc1)c1cccc(-c2ccc3nn[nH]c3n2)c1. The molecule has 2 N–H and O–H groups in total. The number of ether oxygens (including phenoxy) is 1. The lowest BCUT2D eigenvalue weighted by Crippen LogP contribution is -2.12. The van der Waals surface area contributed by atoms with Gasteiger partial charge in [0.05, 0.1) is 12.3 Å². The topological polar surface area (TPSA) is 92.8 Å². The number of H-pyrrole nitrogens is 1. The van der Waals surface area contributed by atoms with Gasteiger partial charge in [0.15, 0.2) is 5.65 Å². The largest absolute Gasteiger partial charge is 0.376 e. The average molecular weight is 399 g/mol. The number of carbonyl (C=O) groups excluding carboxylic acids is 1. The number of hydrogen-bond acceptors (Lipinski definition) is 5. The van der Waals surface area contributed by atoms with Crippen LogP contribution in [0.25, 0.3) is 22.4 Å². The van der Waals surface area contributed by atoms with Crippen LogP contribution in [0.15, 0.2) is 60.7 Å². The van der Waals surface area contributed by atoms with Crippen LogP contribution >= 0.6 is 0 Å². The standard InChI is InChI=1S/C23H21N5O2/c29-23(24-19-8-6-16(7-9-19)14-30-13-15-4-5-15)18-3-1-2-17(12-18)20-10-11-21-22(25-20)27-28-26-21/h1-3,6-12,15H,4-5,13-14H2,(H,24,29)(H,25,26,27,28). The van der Waals surface area contributed by atoms with Gasteiger partial charge in [-0.3, -0.25) is 4.79 Å². The second-order valence-electron chi connectivity index (χ2n) is 7.57. The van der Waals surface area contributed by atoms with E-state index in [0.717, 1.165) is 35.0 Å². The molecule has 30 heavy (non-hydrogen) atoms. The fourth-order valence-corrected chi connectivity index (χ4v) is 3.24. The summed E-state index contributed by atoms with van der Waals surface area (Å²) in [6.45, 7) is 1.45. The molecule has 1 aliphatic rings. The minimum absolute atomic E-state index is 0.168. The van der Waals surface area contributed by atoms with E-state index in [1.165, 1.54) is 12.8 Å². The molecule has 1 amide bonds. The van der Waals surface area contributed by atoms with Crippen molar-refractivity contribution >= 4 is 22.8 Å².